The number of pyridine rings is 1. The van der Waals surface area contributed by atoms with E-state index in [0.717, 1.165) is 16.7 Å². The Morgan fingerprint density at radius 1 is 1.24 bits per heavy atom. The number of rotatable bonds is 7. The van der Waals surface area contributed by atoms with E-state index in [2.05, 4.69) is 4.98 Å². The largest absolute Gasteiger partial charge is 0.494 e. The molecule has 0 radical (unpaired) electrons. The van der Waals surface area contributed by atoms with Crippen LogP contribution in [0.4, 0.5) is 4.79 Å². The molecule has 7 nitrogen and oxygen atoms in total. The Labute approximate surface area is 147 Å². The van der Waals surface area contributed by atoms with Gasteiger partial charge in [0.25, 0.3) is 5.56 Å². The quantitative estimate of drug-likeness (QED) is 0.832. The van der Waals surface area contributed by atoms with Crippen molar-refractivity contribution in [2.24, 2.45) is 0 Å². The molecule has 1 aromatic heterocycles. The van der Waals surface area contributed by atoms with Crippen LogP contribution < -0.4 is 10.3 Å². The van der Waals surface area contributed by atoms with Gasteiger partial charge in [0.2, 0.25) is 0 Å². The Balaban J connectivity index is 2.34. The number of urea groups is 1. The number of carbonyl (C=O) groups is 1. The summed E-state index contributed by atoms with van der Waals surface area (Å²) in [5.41, 5.74) is 1.05. The lowest BCUT2D eigenvalue weighted by Crippen LogP contribution is -2.41. The number of hydrogen-bond acceptors (Lipinski definition) is 4. The Morgan fingerprint density at radius 2 is 2.00 bits per heavy atom. The smallest absolute Gasteiger partial charge is 0.319 e. The van der Waals surface area contributed by atoms with Crippen molar-refractivity contribution in [3.63, 3.8) is 0 Å². The maximum atomic E-state index is 12.4. The van der Waals surface area contributed by atoms with Crippen LogP contribution in [-0.2, 0) is 11.3 Å². The second-order valence-electron chi connectivity index (χ2n) is 5.90. The average molecular weight is 347 g/mol. The van der Waals surface area contributed by atoms with E-state index in [0.29, 0.717) is 25.3 Å². The fourth-order valence-corrected chi connectivity index (χ4v) is 2.54. The minimum absolute atomic E-state index is 0.167. The lowest BCUT2D eigenvalue weighted by atomic mass is 10.1. The monoisotopic (exact) mass is 347 g/mol. The molecule has 1 aromatic carbocycles. The third-order valence-corrected chi connectivity index (χ3v) is 3.78. The number of methoxy groups -OCH3 is 1. The molecule has 0 spiro atoms. The Hall–Kier alpha value is -2.54. The van der Waals surface area contributed by atoms with Gasteiger partial charge in [0.15, 0.2) is 0 Å². The number of aromatic amines is 1. The van der Waals surface area contributed by atoms with E-state index in [9.17, 15) is 9.59 Å². The van der Waals surface area contributed by atoms with Gasteiger partial charge in [-0.05, 0) is 31.2 Å². The first kappa shape index (κ1) is 18.8. The molecule has 1 heterocycles. The van der Waals surface area contributed by atoms with Gasteiger partial charge in [0, 0.05) is 44.2 Å². The molecule has 2 rings (SSSR count). The van der Waals surface area contributed by atoms with Crippen molar-refractivity contribution in [3.05, 3.63) is 40.2 Å². The van der Waals surface area contributed by atoms with Crippen LogP contribution >= 0.6 is 0 Å². The number of hydrogen-bond donors (Lipinski definition) is 1. The summed E-state index contributed by atoms with van der Waals surface area (Å²) < 4.78 is 10.6. The van der Waals surface area contributed by atoms with Crippen LogP contribution in [0.1, 0.15) is 12.5 Å². The lowest BCUT2D eigenvalue weighted by molar-refractivity contribution is 0.132. The summed E-state index contributed by atoms with van der Waals surface area (Å²) in [5, 5.41) is 0.865. The highest BCUT2D eigenvalue weighted by Crippen LogP contribution is 2.19. The van der Waals surface area contributed by atoms with E-state index >= 15 is 0 Å². The predicted molar refractivity (Wildman–Crippen MR) is 97.1 cm³/mol. The van der Waals surface area contributed by atoms with E-state index in [-0.39, 0.29) is 18.1 Å². The highest BCUT2D eigenvalue weighted by Gasteiger charge is 2.17. The van der Waals surface area contributed by atoms with Crippen LogP contribution in [0, 0.1) is 0 Å². The maximum Gasteiger partial charge on any atom is 0.319 e. The summed E-state index contributed by atoms with van der Waals surface area (Å²) >= 11 is 0. The summed E-state index contributed by atoms with van der Waals surface area (Å²) in [4.78, 5) is 30.6. The molecule has 0 unspecified atom stereocenters. The predicted octanol–water partition coefficient (Wildman–Crippen LogP) is 2.06. The molecule has 0 aliphatic carbocycles. The number of H-pyrrole nitrogens is 1. The number of aromatic nitrogens is 1. The fraction of sp³-hybridized carbons (Fsp3) is 0.444. The normalized spacial score (nSPS) is 10.7. The van der Waals surface area contributed by atoms with Gasteiger partial charge in [-0.2, -0.15) is 0 Å². The number of amides is 2. The van der Waals surface area contributed by atoms with Crippen LogP contribution in [-0.4, -0.2) is 61.8 Å². The van der Waals surface area contributed by atoms with Gasteiger partial charge < -0.3 is 24.3 Å². The van der Waals surface area contributed by atoms with Crippen LogP contribution in [0.15, 0.2) is 29.1 Å². The number of fused-ring (bicyclic) bond motifs is 1. The lowest BCUT2D eigenvalue weighted by Gasteiger charge is -2.25. The van der Waals surface area contributed by atoms with Crippen LogP contribution in [0.5, 0.6) is 5.75 Å². The average Bonchev–Trinajstić information content (AvgIpc) is 2.58. The molecule has 2 aromatic rings. The molecule has 0 saturated heterocycles. The number of benzene rings is 1. The molecule has 0 bridgehead atoms. The van der Waals surface area contributed by atoms with Crippen molar-refractivity contribution < 1.29 is 14.3 Å². The number of nitrogens with one attached hydrogen (secondary N) is 1. The zero-order valence-corrected chi connectivity index (χ0v) is 15.2. The Morgan fingerprint density at radius 3 is 2.64 bits per heavy atom. The summed E-state index contributed by atoms with van der Waals surface area (Å²) in [6.45, 7) is 3.51. The van der Waals surface area contributed by atoms with Gasteiger partial charge in [-0.3, -0.25) is 4.79 Å². The minimum Gasteiger partial charge on any atom is -0.494 e. The molecule has 7 heteroatoms. The number of nitrogens with zero attached hydrogens (tertiary/aromatic N) is 2. The van der Waals surface area contributed by atoms with Crippen molar-refractivity contribution in [1.82, 2.24) is 14.8 Å². The topological polar surface area (TPSA) is 74.9 Å². The van der Waals surface area contributed by atoms with Gasteiger partial charge in [0.1, 0.15) is 5.75 Å². The number of ether oxygens (including phenoxy) is 2. The van der Waals surface area contributed by atoms with Crippen molar-refractivity contribution in [1.29, 1.82) is 0 Å². The van der Waals surface area contributed by atoms with Gasteiger partial charge in [-0.25, -0.2) is 4.79 Å². The van der Waals surface area contributed by atoms with E-state index < -0.39 is 0 Å². The van der Waals surface area contributed by atoms with Gasteiger partial charge in [0.05, 0.1) is 19.8 Å². The number of carbonyl (C=O) groups excluding carboxylic acids is 1. The molecule has 0 saturated carbocycles. The van der Waals surface area contributed by atoms with Crippen LogP contribution in [0.3, 0.4) is 0 Å². The van der Waals surface area contributed by atoms with Crippen molar-refractivity contribution in [3.8, 4) is 5.75 Å². The first-order valence-electron chi connectivity index (χ1n) is 8.20. The molecule has 2 amide bonds. The first-order valence-corrected chi connectivity index (χ1v) is 8.20. The fourth-order valence-electron chi connectivity index (χ4n) is 2.54. The SMILES string of the molecule is CCOc1ccc2[nH]c(=O)c(CN(CCOC)C(=O)N(C)C)cc2c1. The third-order valence-electron chi connectivity index (χ3n) is 3.78. The summed E-state index contributed by atoms with van der Waals surface area (Å²) in [6, 6.07) is 7.16. The van der Waals surface area contributed by atoms with Gasteiger partial charge in [-0.1, -0.05) is 0 Å². The molecule has 1 N–H and O–H groups in total. The summed E-state index contributed by atoms with van der Waals surface area (Å²) in [6.07, 6.45) is 0. The van der Waals surface area contributed by atoms with Gasteiger partial charge >= 0.3 is 6.03 Å². The first-order chi connectivity index (χ1) is 12.0. The highest BCUT2D eigenvalue weighted by atomic mass is 16.5. The van der Waals surface area contributed by atoms with E-state index in [4.69, 9.17) is 9.47 Å². The van der Waals surface area contributed by atoms with E-state index in [1.807, 2.05) is 25.1 Å². The minimum atomic E-state index is -0.203. The summed E-state index contributed by atoms with van der Waals surface area (Å²) in [7, 11) is 4.94. The molecule has 0 fully saturated rings. The molecule has 136 valence electrons. The van der Waals surface area contributed by atoms with Crippen LogP contribution in [0.25, 0.3) is 10.9 Å². The third kappa shape index (κ3) is 4.73. The van der Waals surface area contributed by atoms with Crippen molar-refractivity contribution in [2.75, 3.05) is 41.0 Å². The van der Waals surface area contributed by atoms with Crippen LogP contribution in [0.2, 0.25) is 0 Å². The second-order valence-corrected chi connectivity index (χ2v) is 5.90. The van der Waals surface area contributed by atoms with Crippen molar-refractivity contribution >= 4 is 16.9 Å². The Bertz CT molecular complexity index is 785. The standard InChI is InChI=1S/C18H25N3O4/c1-5-25-15-6-7-16-13(11-15)10-14(17(22)19-16)12-21(8-9-24-4)18(23)20(2)3/h6-7,10-11H,5,8-9,12H2,1-4H3,(H,19,22). The van der Waals surface area contributed by atoms with E-state index in [1.54, 1.807) is 32.2 Å². The zero-order valence-electron chi connectivity index (χ0n) is 15.2. The van der Waals surface area contributed by atoms with Gasteiger partial charge in [-0.15, -0.1) is 0 Å². The molecular weight excluding hydrogens is 322 g/mol. The maximum absolute atomic E-state index is 12.4. The molecule has 25 heavy (non-hydrogen) atoms. The molecule has 0 aliphatic rings. The molecule has 0 atom stereocenters. The second kappa shape index (κ2) is 8.53. The van der Waals surface area contributed by atoms with Crippen molar-refractivity contribution in [2.45, 2.75) is 13.5 Å². The highest BCUT2D eigenvalue weighted by molar-refractivity contribution is 5.80. The summed E-state index contributed by atoms with van der Waals surface area (Å²) in [5.74, 6) is 0.744. The Kier molecular flexibility index (Phi) is 6.41. The zero-order chi connectivity index (χ0) is 18.4. The van der Waals surface area contributed by atoms with E-state index in [1.165, 1.54) is 4.90 Å². The molecule has 0 aliphatic heterocycles. The molecular formula is C18H25N3O4.